The fourth-order valence-corrected chi connectivity index (χ4v) is 8.22. The van der Waals surface area contributed by atoms with Crippen molar-refractivity contribution in [1.29, 1.82) is 0 Å². The van der Waals surface area contributed by atoms with Crippen LogP contribution in [0.25, 0.3) is 0 Å². The molecule has 0 radical (unpaired) electrons. The summed E-state index contributed by atoms with van der Waals surface area (Å²) in [5.41, 5.74) is 0. The molecule has 406 valence electrons. The number of allylic oxidation sites excluding steroid dienone is 12. The van der Waals surface area contributed by atoms with E-state index in [0.29, 0.717) is 12.8 Å². The number of aliphatic hydroxyl groups excluding tert-OH is 3. The number of carbonyl (C=O) groups excluding carboxylic acids is 2. The Morgan fingerprint density at radius 3 is 0.986 bits per heavy atom. The lowest BCUT2D eigenvalue weighted by atomic mass is 10.0. The highest BCUT2D eigenvalue weighted by Crippen LogP contribution is 2.45. The van der Waals surface area contributed by atoms with Gasteiger partial charge in [-0.25, -0.2) is 9.13 Å². The maximum atomic E-state index is 12.2. The second kappa shape index (κ2) is 48.7. The number of carbonyl (C=O) groups is 2. The molecule has 0 aliphatic carbocycles. The fourth-order valence-electron chi connectivity index (χ4n) is 6.63. The van der Waals surface area contributed by atoms with Crippen LogP contribution in [0.5, 0.6) is 0 Å². The molecule has 5 atom stereocenters. The van der Waals surface area contributed by atoms with Crippen LogP contribution in [0, 0.1) is 0 Å². The van der Waals surface area contributed by atoms with E-state index in [1.165, 1.54) is 83.5 Å². The maximum Gasteiger partial charge on any atom is 0.472 e. The van der Waals surface area contributed by atoms with E-state index in [4.69, 9.17) is 14.0 Å². The van der Waals surface area contributed by atoms with Crippen molar-refractivity contribution in [2.75, 3.05) is 39.6 Å². The molecule has 0 saturated carbocycles. The SMILES string of the molecule is CC/C=C\C/C=C\C/C=C\C/C=C\C/C=C\C/C=C\CCCCC(=O)OCC(O)COP(=O)(O)OCC(O)COP(=O)(O)OCC(O)COC(=O)CCCCCCCCCCCCCCCCCCC. The molecule has 0 aliphatic heterocycles. The minimum atomic E-state index is -4.80. The van der Waals surface area contributed by atoms with E-state index < -0.39 is 85.5 Å². The highest BCUT2D eigenvalue weighted by molar-refractivity contribution is 7.47. The number of esters is 2. The summed E-state index contributed by atoms with van der Waals surface area (Å²) in [5.74, 6) is -1.04. The zero-order valence-corrected chi connectivity index (χ0v) is 44.7. The molecule has 0 heterocycles. The molecule has 17 heteroatoms. The molecule has 0 fully saturated rings. The van der Waals surface area contributed by atoms with Crippen molar-refractivity contribution in [3.05, 3.63) is 72.9 Å². The van der Waals surface area contributed by atoms with Crippen LogP contribution in [0.1, 0.15) is 194 Å². The quantitative estimate of drug-likeness (QED) is 0.0165. The first-order valence-corrected chi connectivity index (χ1v) is 29.3. The Hall–Kier alpha value is -2.52. The molecule has 0 aromatic heterocycles. The van der Waals surface area contributed by atoms with Gasteiger partial charge in [-0.15, -0.1) is 0 Å². The molecule has 0 aromatic rings. The standard InChI is InChI=1S/C53H94O15P2/c1-3-5-7-9-11-13-15-17-19-21-22-23-24-26-28-30-32-34-36-38-40-42-53(58)64-44-50(55)46-66-70(61,62)68-48-51(56)47-67-69(59,60)65-45-49(54)43-63-52(57)41-39-37-35-33-31-29-27-25-20-18-16-14-12-10-8-6-4-2/h5,7,11,13,17,19,22-23,26,28,32,34,49-51,54-56H,3-4,6,8-10,12,14-16,18,20-21,24-25,27,29-31,33,35-48H2,1-2H3,(H,59,60)(H,61,62)/b7-5-,13-11-,19-17-,23-22-,28-26-,34-32-. The second-order valence-corrected chi connectivity index (χ2v) is 20.4. The highest BCUT2D eigenvalue weighted by Gasteiger charge is 2.28. The van der Waals surface area contributed by atoms with Crippen LogP contribution in [0.4, 0.5) is 0 Å². The van der Waals surface area contributed by atoms with Gasteiger partial charge in [0.1, 0.15) is 31.5 Å². The van der Waals surface area contributed by atoms with Gasteiger partial charge in [-0.2, -0.15) is 0 Å². The number of hydrogen-bond donors (Lipinski definition) is 5. The van der Waals surface area contributed by atoms with Gasteiger partial charge in [0, 0.05) is 12.8 Å². The summed E-state index contributed by atoms with van der Waals surface area (Å²) in [7, 11) is -9.59. The lowest BCUT2D eigenvalue weighted by molar-refractivity contribution is -0.148. The summed E-state index contributed by atoms with van der Waals surface area (Å²) in [5, 5.41) is 30.1. The van der Waals surface area contributed by atoms with E-state index in [-0.39, 0.29) is 12.8 Å². The predicted molar refractivity (Wildman–Crippen MR) is 279 cm³/mol. The number of unbranched alkanes of at least 4 members (excludes halogenated alkanes) is 18. The first-order valence-electron chi connectivity index (χ1n) is 26.3. The molecule has 0 saturated heterocycles. The van der Waals surface area contributed by atoms with Crippen molar-refractivity contribution in [3.63, 3.8) is 0 Å². The molecule has 5 unspecified atom stereocenters. The highest BCUT2D eigenvalue weighted by atomic mass is 31.2. The van der Waals surface area contributed by atoms with E-state index in [2.05, 4.69) is 100 Å². The van der Waals surface area contributed by atoms with E-state index in [9.17, 15) is 43.8 Å². The zero-order valence-electron chi connectivity index (χ0n) is 42.9. The van der Waals surface area contributed by atoms with E-state index in [1.807, 2.05) is 0 Å². The third kappa shape index (κ3) is 50.4. The number of phosphoric ester groups is 2. The molecular formula is C53H94O15P2. The van der Waals surface area contributed by atoms with Crippen LogP contribution in [0.15, 0.2) is 72.9 Å². The van der Waals surface area contributed by atoms with Crippen molar-refractivity contribution in [1.82, 2.24) is 0 Å². The number of aliphatic hydroxyl groups is 3. The summed E-state index contributed by atoms with van der Waals surface area (Å²) in [4.78, 5) is 43.9. The van der Waals surface area contributed by atoms with Crippen molar-refractivity contribution >= 4 is 27.6 Å². The maximum absolute atomic E-state index is 12.2. The molecule has 5 N–H and O–H groups in total. The van der Waals surface area contributed by atoms with Crippen molar-refractivity contribution in [2.24, 2.45) is 0 Å². The molecule has 0 aromatic carbocycles. The van der Waals surface area contributed by atoms with Gasteiger partial charge < -0.3 is 34.6 Å². The number of phosphoric acid groups is 2. The summed E-state index contributed by atoms with van der Waals surface area (Å²) in [6, 6.07) is 0. The Labute approximate surface area is 422 Å². The third-order valence-corrected chi connectivity index (χ3v) is 12.6. The Balaban J connectivity index is 3.91. The van der Waals surface area contributed by atoms with Crippen molar-refractivity contribution < 1.29 is 71.4 Å². The van der Waals surface area contributed by atoms with Crippen LogP contribution >= 0.6 is 15.6 Å². The Morgan fingerprint density at radius 1 is 0.386 bits per heavy atom. The third-order valence-electron chi connectivity index (χ3n) is 10.7. The summed E-state index contributed by atoms with van der Waals surface area (Å²) in [6.07, 6.45) is 50.3. The zero-order chi connectivity index (χ0) is 51.7. The van der Waals surface area contributed by atoms with Crippen molar-refractivity contribution in [2.45, 2.75) is 212 Å². The van der Waals surface area contributed by atoms with Gasteiger partial charge in [-0.1, -0.05) is 189 Å². The topological polar surface area (TPSA) is 225 Å². The average molecular weight is 1030 g/mol. The van der Waals surface area contributed by atoms with Crippen LogP contribution in [-0.2, 0) is 46.3 Å². The lowest BCUT2D eigenvalue weighted by Crippen LogP contribution is -2.25. The monoisotopic (exact) mass is 1030 g/mol. The Kier molecular flexibility index (Phi) is 47.0. The largest absolute Gasteiger partial charge is 0.472 e. The minimum Gasteiger partial charge on any atom is -0.463 e. The summed E-state index contributed by atoms with van der Waals surface area (Å²) >= 11 is 0. The van der Waals surface area contributed by atoms with Gasteiger partial charge in [0.2, 0.25) is 0 Å². The van der Waals surface area contributed by atoms with Gasteiger partial charge in [-0.05, 0) is 64.2 Å². The van der Waals surface area contributed by atoms with E-state index in [0.717, 1.165) is 70.6 Å². The lowest BCUT2D eigenvalue weighted by Gasteiger charge is -2.19. The van der Waals surface area contributed by atoms with Gasteiger partial charge in [-0.3, -0.25) is 27.7 Å². The molecule has 15 nitrogen and oxygen atoms in total. The van der Waals surface area contributed by atoms with Crippen LogP contribution in [0.3, 0.4) is 0 Å². The predicted octanol–water partition coefficient (Wildman–Crippen LogP) is 12.7. The minimum absolute atomic E-state index is 0.138. The van der Waals surface area contributed by atoms with E-state index >= 15 is 0 Å². The first kappa shape index (κ1) is 67.5. The van der Waals surface area contributed by atoms with E-state index in [1.54, 1.807) is 0 Å². The average Bonchev–Trinajstić information content (AvgIpc) is 3.34. The molecule has 0 rings (SSSR count). The summed E-state index contributed by atoms with van der Waals surface area (Å²) in [6.45, 7) is 0.272. The Morgan fingerprint density at radius 2 is 0.657 bits per heavy atom. The van der Waals surface area contributed by atoms with Crippen molar-refractivity contribution in [3.8, 4) is 0 Å². The molecule has 0 bridgehead atoms. The molecule has 0 amide bonds. The Bertz CT molecular complexity index is 1530. The van der Waals surface area contributed by atoms with Gasteiger partial charge in [0.05, 0.1) is 26.4 Å². The number of ether oxygens (including phenoxy) is 2. The summed E-state index contributed by atoms with van der Waals surface area (Å²) < 4.78 is 53.1. The fraction of sp³-hybridized carbons (Fsp3) is 0.736. The molecule has 0 aliphatic rings. The van der Waals surface area contributed by atoms with Gasteiger partial charge >= 0.3 is 27.6 Å². The van der Waals surface area contributed by atoms with Gasteiger partial charge in [0.15, 0.2) is 0 Å². The van der Waals surface area contributed by atoms with Gasteiger partial charge in [0.25, 0.3) is 0 Å². The molecule has 70 heavy (non-hydrogen) atoms. The smallest absolute Gasteiger partial charge is 0.463 e. The van der Waals surface area contributed by atoms with Crippen LogP contribution < -0.4 is 0 Å². The molecular weight excluding hydrogens is 939 g/mol. The normalized spacial score (nSPS) is 15.5. The second-order valence-electron chi connectivity index (χ2n) is 17.5. The van der Waals surface area contributed by atoms with Crippen LogP contribution in [-0.4, -0.2) is 95.0 Å². The number of hydrogen-bond acceptors (Lipinski definition) is 13. The van der Waals surface area contributed by atoms with Crippen LogP contribution in [0.2, 0.25) is 0 Å². The first-order chi connectivity index (χ1) is 33.8. The number of rotatable bonds is 50. The molecule has 0 spiro atoms.